The number of fused-ring (bicyclic) bond motifs is 2. The highest BCUT2D eigenvalue weighted by Crippen LogP contribution is 2.37. The van der Waals surface area contributed by atoms with E-state index in [0.717, 1.165) is 33.9 Å². The van der Waals surface area contributed by atoms with Crippen LogP contribution in [0.25, 0.3) is 0 Å². The number of para-hydroxylation sites is 1. The molecule has 2 N–H and O–H groups in total. The molecular formula is C25H24N2O2S2. The first-order chi connectivity index (χ1) is 15.2. The molecule has 5 rings (SSSR count). The minimum atomic E-state index is -0.428. The van der Waals surface area contributed by atoms with Crippen molar-refractivity contribution in [2.75, 3.05) is 5.32 Å². The Labute approximate surface area is 190 Å². The molecule has 3 aromatic rings. The summed E-state index contributed by atoms with van der Waals surface area (Å²) < 4.78 is 0. The van der Waals surface area contributed by atoms with Gasteiger partial charge in [-0.3, -0.25) is 9.59 Å². The fourth-order valence-electron chi connectivity index (χ4n) is 4.32. The molecule has 2 aliphatic rings. The van der Waals surface area contributed by atoms with Crippen molar-refractivity contribution in [1.82, 2.24) is 5.32 Å². The van der Waals surface area contributed by atoms with Gasteiger partial charge in [0.2, 0.25) is 11.8 Å². The molecule has 4 nitrogen and oxygen atoms in total. The molecule has 31 heavy (non-hydrogen) atoms. The quantitative estimate of drug-likeness (QED) is 0.554. The zero-order chi connectivity index (χ0) is 21.2. The van der Waals surface area contributed by atoms with Gasteiger partial charge in [-0.2, -0.15) is 0 Å². The Kier molecular flexibility index (Phi) is 5.83. The van der Waals surface area contributed by atoms with Crippen molar-refractivity contribution >= 4 is 40.6 Å². The molecule has 2 atom stereocenters. The molecule has 0 saturated heterocycles. The van der Waals surface area contributed by atoms with Crippen LogP contribution in [0, 0.1) is 0 Å². The van der Waals surface area contributed by atoms with Gasteiger partial charge in [0.15, 0.2) is 0 Å². The van der Waals surface area contributed by atoms with Gasteiger partial charge in [0, 0.05) is 16.2 Å². The van der Waals surface area contributed by atoms with E-state index < -0.39 is 5.25 Å². The number of thiophene rings is 1. The summed E-state index contributed by atoms with van der Waals surface area (Å²) in [5, 5.41) is 7.74. The van der Waals surface area contributed by atoms with Crippen LogP contribution in [0.5, 0.6) is 0 Å². The first-order valence-corrected chi connectivity index (χ1v) is 12.4. The van der Waals surface area contributed by atoms with Gasteiger partial charge in [-0.1, -0.05) is 36.4 Å². The second-order valence-electron chi connectivity index (χ2n) is 8.05. The van der Waals surface area contributed by atoms with Crippen LogP contribution in [0.2, 0.25) is 0 Å². The molecule has 2 amide bonds. The van der Waals surface area contributed by atoms with Crippen LogP contribution in [-0.2, 0) is 22.4 Å². The number of nitrogens with one attached hydrogen (secondary N) is 2. The number of amides is 2. The van der Waals surface area contributed by atoms with Crippen molar-refractivity contribution in [2.24, 2.45) is 0 Å². The SMILES string of the molecule is O=C(CC1Sc2ccccc2NC1=O)NC(c1ccc2c(c1)CCCC2)c1cccs1. The molecule has 2 aromatic carbocycles. The van der Waals surface area contributed by atoms with Gasteiger partial charge in [0.1, 0.15) is 0 Å². The number of thioether (sulfide) groups is 1. The second kappa shape index (κ2) is 8.89. The maximum absolute atomic E-state index is 13.0. The lowest BCUT2D eigenvalue weighted by molar-refractivity contribution is -0.124. The highest BCUT2D eigenvalue weighted by molar-refractivity contribution is 8.01. The number of hydrogen-bond donors (Lipinski definition) is 2. The van der Waals surface area contributed by atoms with Crippen molar-refractivity contribution in [1.29, 1.82) is 0 Å². The lowest BCUT2D eigenvalue weighted by Crippen LogP contribution is -2.36. The van der Waals surface area contributed by atoms with Gasteiger partial charge in [-0.25, -0.2) is 0 Å². The molecule has 0 radical (unpaired) electrons. The Morgan fingerprint density at radius 1 is 1.06 bits per heavy atom. The molecule has 0 bridgehead atoms. The number of carbonyl (C=O) groups excluding carboxylic acids is 2. The third-order valence-corrected chi connectivity index (χ3v) is 8.13. The summed E-state index contributed by atoms with van der Waals surface area (Å²) in [5.74, 6) is -0.219. The first kappa shape index (κ1) is 20.3. The standard InChI is InChI=1S/C25H24N2O2S2/c28-23(15-22-25(29)26-19-8-3-4-9-20(19)31-22)27-24(21-10-5-13-30-21)18-12-11-16-6-1-2-7-17(16)14-18/h3-5,8-14,22,24H,1-2,6-7,15H2,(H,26,29)(H,27,28). The monoisotopic (exact) mass is 448 g/mol. The molecule has 0 fully saturated rings. The van der Waals surface area contributed by atoms with E-state index in [1.807, 2.05) is 35.7 Å². The van der Waals surface area contributed by atoms with Crippen LogP contribution in [0.15, 0.2) is 64.9 Å². The smallest absolute Gasteiger partial charge is 0.238 e. The molecule has 2 unspecified atom stereocenters. The van der Waals surface area contributed by atoms with Crippen molar-refractivity contribution in [3.05, 3.63) is 81.5 Å². The number of hydrogen-bond acceptors (Lipinski definition) is 4. The number of rotatable bonds is 5. The summed E-state index contributed by atoms with van der Waals surface area (Å²) in [7, 11) is 0. The fraction of sp³-hybridized carbons (Fsp3) is 0.280. The lowest BCUT2D eigenvalue weighted by atomic mass is 9.89. The Morgan fingerprint density at radius 3 is 2.74 bits per heavy atom. The maximum atomic E-state index is 13.0. The third kappa shape index (κ3) is 4.41. The molecule has 2 heterocycles. The summed E-state index contributed by atoms with van der Waals surface area (Å²) in [4.78, 5) is 27.7. The molecule has 158 valence electrons. The zero-order valence-corrected chi connectivity index (χ0v) is 18.7. The van der Waals surface area contributed by atoms with E-state index >= 15 is 0 Å². The summed E-state index contributed by atoms with van der Waals surface area (Å²) in [6.07, 6.45) is 4.87. The second-order valence-corrected chi connectivity index (χ2v) is 10.3. The van der Waals surface area contributed by atoms with Crippen LogP contribution >= 0.6 is 23.1 Å². The van der Waals surface area contributed by atoms with Gasteiger partial charge in [-0.05, 0) is 66.0 Å². The highest BCUT2D eigenvalue weighted by atomic mass is 32.2. The van der Waals surface area contributed by atoms with Gasteiger partial charge < -0.3 is 10.6 Å². The highest BCUT2D eigenvalue weighted by Gasteiger charge is 2.30. The van der Waals surface area contributed by atoms with Gasteiger partial charge in [0.05, 0.1) is 17.0 Å². The molecule has 1 aromatic heterocycles. The van der Waals surface area contributed by atoms with Gasteiger partial charge >= 0.3 is 0 Å². The Bertz CT molecular complexity index is 1110. The third-order valence-electron chi connectivity index (χ3n) is 5.92. The number of benzene rings is 2. The summed E-state index contributed by atoms with van der Waals surface area (Å²) >= 11 is 3.11. The average Bonchev–Trinajstić information content (AvgIpc) is 3.32. The number of carbonyl (C=O) groups is 2. The van der Waals surface area contributed by atoms with Crippen molar-refractivity contribution in [2.45, 2.75) is 48.3 Å². The van der Waals surface area contributed by atoms with Gasteiger partial charge in [0.25, 0.3) is 0 Å². The maximum Gasteiger partial charge on any atom is 0.238 e. The van der Waals surface area contributed by atoms with Crippen LogP contribution in [-0.4, -0.2) is 17.1 Å². The summed E-state index contributed by atoms with van der Waals surface area (Å²) in [6, 6.07) is 18.2. The minimum Gasteiger partial charge on any atom is -0.344 e. The minimum absolute atomic E-state index is 0.108. The van der Waals surface area contributed by atoms with Crippen LogP contribution in [0.3, 0.4) is 0 Å². The van der Waals surface area contributed by atoms with E-state index in [1.165, 1.54) is 35.7 Å². The van der Waals surface area contributed by atoms with Crippen LogP contribution in [0.1, 0.15) is 46.9 Å². The average molecular weight is 449 g/mol. The first-order valence-electron chi connectivity index (χ1n) is 10.7. The van der Waals surface area contributed by atoms with E-state index in [2.05, 4.69) is 34.9 Å². The Balaban J connectivity index is 1.34. The normalized spacial score (nSPS) is 18.5. The van der Waals surface area contributed by atoms with Crippen molar-refractivity contribution in [3.8, 4) is 0 Å². The van der Waals surface area contributed by atoms with Crippen LogP contribution in [0.4, 0.5) is 5.69 Å². The predicted molar refractivity (Wildman–Crippen MR) is 127 cm³/mol. The predicted octanol–water partition coefficient (Wildman–Crippen LogP) is 5.34. The molecule has 1 aliphatic heterocycles. The summed E-state index contributed by atoms with van der Waals surface area (Å²) in [6.45, 7) is 0. The Morgan fingerprint density at radius 2 is 1.90 bits per heavy atom. The largest absolute Gasteiger partial charge is 0.344 e. The Hall–Kier alpha value is -2.57. The summed E-state index contributed by atoms with van der Waals surface area (Å²) in [5.41, 5.74) is 4.76. The van der Waals surface area contributed by atoms with Crippen LogP contribution < -0.4 is 10.6 Å². The van der Waals surface area contributed by atoms with E-state index in [1.54, 1.807) is 11.3 Å². The molecule has 0 saturated carbocycles. The van der Waals surface area contributed by atoms with E-state index in [4.69, 9.17) is 0 Å². The lowest BCUT2D eigenvalue weighted by Gasteiger charge is -2.25. The van der Waals surface area contributed by atoms with Gasteiger partial charge in [-0.15, -0.1) is 23.1 Å². The molecule has 1 aliphatic carbocycles. The number of aryl methyl sites for hydroxylation is 2. The molecular weight excluding hydrogens is 424 g/mol. The fourth-order valence-corrected chi connectivity index (χ4v) is 6.24. The van der Waals surface area contributed by atoms with Crippen molar-refractivity contribution in [3.63, 3.8) is 0 Å². The molecule has 0 spiro atoms. The van der Waals surface area contributed by atoms with E-state index in [0.29, 0.717) is 0 Å². The molecule has 6 heteroatoms. The topological polar surface area (TPSA) is 58.2 Å². The van der Waals surface area contributed by atoms with Crippen molar-refractivity contribution < 1.29 is 9.59 Å². The van der Waals surface area contributed by atoms with E-state index in [-0.39, 0.29) is 24.3 Å². The van der Waals surface area contributed by atoms with E-state index in [9.17, 15) is 9.59 Å². The number of anilines is 1. The zero-order valence-electron chi connectivity index (χ0n) is 17.1.